The van der Waals surface area contributed by atoms with E-state index in [1.54, 1.807) is 48.5 Å². The van der Waals surface area contributed by atoms with Crippen molar-refractivity contribution in [2.24, 2.45) is 10.2 Å². The molecule has 0 unspecified atom stereocenters. The Morgan fingerprint density at radius 2 is 1.02 bits per heavy atom. The summed E-state index contributed by atoms with van der Waals surface area (Å²) >= 11 is 0. The first-order valence-corrected chi connectivity index (χ1v) is 17.3. The van der Waals surface area contributed by atoms with Crippen LogP contribution in [-0.4, -0.2) is 24.6 Å². The first kappa shape index (κ1) is 36.5. The molecule has 0 spiro atoms. The fraction of sp³-hybridized carbons (Fsp3) is 0.487. The molecule has 1 atom stereocenters. The number of carbonyl (C=O) groups excluding carboxylic acids is 2. The number of esters is 2. The summed E-state index contributed by atoms with van der Waals surface area (Å²) in [5.74, 6) is 0.300. The second-order valence-electron chi connectivity index (χ2n) is 11.9. The molecule has 0 bridgehead atoms. The minimum atomic E-state index is -0.502. The third kappa shape index (κ3) is 14.4. The van der Waals surface area contributed by atoms with Gasteiger partial charge in [0, 0.05) is 0 Å². The highest BCUT2D eigenvalue weighted by Crippen LogP contribution is 2.23. The number of carbonyl (C=O) groups is 2. The van der Waals surface area contributed by atoms with Crippen LogP contribution in [0.3, 0.4) is 0 Å². The summed E-state index contributed by atoms with van der Waals surface area (Å²) in [5.41, 5.74) is 2.14. The number of azo groups is 1. The molecule has 3 aromatic rings. The van der Waals surface area contributed by atoms with Gasteiger partial charge >= 0.3 is 11.9 Å². The number of hydrogen-bond donors (Lipinski definition) is 0. The predicted molar refractivity (Wildman–Crippen MR) is 185 cm³/mol. The lowest BCUT2D eigenvalue weighted by molar-refractivity contribution is 0.0319. The molecule has 0 saturated carbocycles. The Bertz CT molecular complexity index is 1300. The van der Waals surface area contributed by atoms with E-state index in [-0.39, 0.29) is 12.1 Å². The van der Waals surface area contributed by atoms with E-state index < -0.39 is 5.97 Å². The fourth-order valence-electron chi connectivity index (χ4n) is 4.98. The van der Waals surface area contributed by atoms with Crippen LogP contribution in [0.2, 0.25) is 0 Å². The van der Waals surface area contributed by atoms with Gasteiger partial charge in [0.1, 0.15) is 11.5 Å². The van der Waals surface area contributed by atoms with Crippen LogP contribution in [0.5, 0.6) is 11.5 Å². The van der Waals surface area contributed by atoms with Gasteiger partial charge in [-0.1, -0.05) is 84.5 Å². The smallest absolute Gasteiger partial charge is 0.343 e. The average Bonchev–Trinajstić information content (AvgIpc) is 3.07. The van der Waals surface area contributed by atoms with Gasteiger partial charge in [-0.3, -0.25) is 0 Å². The molecule has 3 aromatic carbocycles. The van der Waals surface area contributed by atoms with Crippen molar-refractivity contribution in [2.45, 2.75) is 117 Å². The lowest BCUT2D eigenvalue weighted by Crippen LogP contribution is -2.15. The van der Waals surface area contributed by atoms with Crippen molar-refractivity contribution in [3.63, 3.8) is 0 Å². The Morgan fingerprint density at radius 3 is 1.61 bits per heavy atom. The molecule has 0 aromatic heterocycles. The van der Waals surface area contributed by atoms with Crippen LogP contribution >= 0.6 is 0 Å². The van der Waals surface area contributed by atoms with Crippen LogP contribution in [0.15, 0.2) is 83.0 Å². The van der Waals surface area contributed by atoms with Crippen molar-refractivity contribution in [3.05, 3.63) is 83.9 Å². The molecule has 0 aliphatic rings. The Morgan fingerprint density at radius 1 is 0.565 bits per heavy atom. The van der Waals surface area contributed by atoms with Crippen LogP contribution in [0.4, 0.5) is 11.4 Å². The van der Waals surface area contributed by atoms with Crippen molar-refractivity contribution in [2.75, 3.05) is 6.61 Å². The lowest BCUT2D eigenvalue weighted by Gasteiger charge is -2.13. The Hall–Kier alpha value is -4.00. The molecule has 7 heteroatoms. The maximum absolute atomic E-state index is 12.7. The van der Waals surface area contributed by atoms with Crippen molar-refractivity contribution in [3.8, 4) is 11.5 Å². The Balaban J connectivity index is 1.36. The molecule has 0 heterocycles. The summed E-state index contributed by atoms with van der Waals surface area (Å²) < 4.78 is 16.9. The highest BCUT2D eigenvalue weighted by atomic mass is 16.5. The van der Waals surface area contributed by atoms with E-state index in [4.69, 9.17) is 14.2 Å². The van der Waals surface area contributed by atoms with Crippen LogP contribution in [0.1, 0.15) is 131 Å². The van der Waals surface area contributed by atoms with Crippen LogP contribution in [0, 0.1) is 0 Å². The molecule has 0 saturated heterocycles. The van der Waals surface area contributed by atoms with Gasteiger partial charge in [-0.05, 0) is 99.0 Å². The van der Waals surface area contributed by atoms with Gasteiger partial charge in [0.05, 0.1) is 35.2 Å². The van der Waals surface area contributed by atoms with Crippen molar-refractivity contribution in [1.82, 2.24) is 0 Å². The highest BCUT2D eigenvalue weighted by Gasteiger charge is 2.14. The SMILES string of the molecule is CCCCCCCCCCCOc1ccc(N=Nc2ccc(C(=O)Oc3ccc(C(=O)O[C@@H](C)CCCCCC)cc3)cc2)cc1. The summed E-state index contributed by atoms with van der Waals surface area (Å²) in [7, 11) is 0. The minimum absolute atomic E-state index is 0.136. The first-order chi connectivity index (χ1) is 22.5. The third-order valence-corrected chi connectivity index (χ3v) is 7.81. The maximum atomic E-state index is 12.7. The molecule has 0 N–H and O–H groups in total. The summed E-state index contributed by atoms with van der Waals surface area (Å²) in [5, 5.41) is 8.57. The van der Waals surface area contributed by atoms with E-state index in [9.17, 15) is 9.59 Å². The van der Waals surface area contributed by atoms with Gasteiger partial charge in [-0.25, -0.2) is 9.59 Å². The van der Waals surface area contributed by atoms with E-state index in [1.165, 1.54) is 64.2 Å². The second-order valence-corrected chi connectivity index (χ2v) is 11.9. The second kappa shape index (κ2) is 21.7. The molecule has 0 aliphatic carbocycles. The number of nitrogens with zero attached hydrogens (tertiary/aromatic N) is 2. The summed E-state index contributed by atoms with van der Waals surface area (Å²) in [4.78, 5) is 25.1. The summed E-state index contributed by atoms with van der Waals surface area (Å²) in [6.45, 7) is 7.07. The number of unbranched alkanes of at least 4 members (excludes halogenated alkanes) is 11. The van der Waals surface area contributed by atoms with Crippen molar-refractivity contribution in [1.29, 1.82) is 0 Å². The lowest BCUT2D eigenvalue weighted by atomic mass is 10.1. The molecule has 248 valence electrons. The van der Waals surface area contributed by atoms with Gasteiger partial charge in [0.15, 0.2) is 0 Å². The molecule has 3 rings (SSSR count). The molecule has 0 fully saturated rings. The zero-order valence-electron chi connectivity index (χ0n) is 28.0. The first-order valence-electron chi connectivity index (χ1n) is 17.3. The number of hydrogen-bond acceptors (Lipinski definition) is 7. The molecular weight excluding hydrogens is 576 g/mol. The molecule has 0 radical (unpaired) electrons. The normalized spacial score (nSPS) is 11.8. The quantitative estimate of drug-likeness (QED) is 0.0478. The average molecular weight is 629 g/mol. The van der Waals surface area contributed by atoms with E-state index in [2.05, 4.69) is 24.1 Å². The summed E-state index contributed by atoms with van der Waals surface area (Å²) in [6.07, 6.45) is 16.9. The molecule has 46 heavy (non-hydrogen) atoms. The van der Waals surface area contributed by atoms with Gasteiger partial charge in [0.25, 0.3) is 0 Å². The number of rotatable bonds is 22. The van der Waals surface area contributed by atoms with E-state index >= 15 is 0 Å². The highest BCUT2D eigenvalue weighted by molar-refractivity contribution is 5.92. The monoisotopic (exact) mass is 628 g/mol. The number of benzene rings is 3. The van der Waals surface area contributed by atoms with Gasteiger partial charge in [-0.2, -0.15) is 10.2 Å². The standard InChI is InChI=1S/C39H52N2O5/c1-4-6-8-10-11-12-13-14-16-30-44-36-28-24-35(25-29-36)41-40-34-22-18-32(19-23-34)39(43)46-37-26-20-33(21-27-37)38(42)45-31(3)17-15-9-7-5-2/h18-29,31H,4-17,30H2,1-3H3/t31-/m0/s1. The van der Waals surface area contributed by atoms with Gasteiger partial charge in [-0.15, -0.1) is 0 Å². The van der Waals surface area contributed by atoms with E-state index in [0.717, 1.165) is 38.0 Å². The zero-order chi connectivity index (χ0) is 32.8. The Kier molecular flexibility index (Phi) is 17.2. The largest absolute Gasteiger partial charge is 0.494 e. The maximum Gasteiger partial charge on any atom is 0.343 e. The van der Waals surface area contributed by atoms with Crippen LogP contribution in [-0.2, 0) is 4.74 Å². The zero-order valence-corrected chi connectivity index (χ0v) is 28.0. The van der Waals surface area contributed by atoms with Gasteiger partial charge < -0.3 is 14.2 Å². The number of ether oxygens (including phenoxy) is 3. The molecule has 7 nitrogen and oxygen atoms in total. The van der Waals surface area contributed by atoms with E-state index in [0.29, 0.717) is 28.3 Å². The predicted octanol–water partition coefficient (Wildman–Crippen LogP) is 11.7. The summed E-state index contributed by atoms with van der Waals surface area (Å²) in [6, 6.07) is 20.7. The minimum Gasteiger partial charge on any atom is -0.494 e. The molecular formula is C39H52N2O5. The van der Waals surface area contributed by atoms with E-state index in [1.807, 2.05) is 31.2 Å². The van der Waals surface area contributed by atoms with Crippen molar-refractivity contribution < 1.29 is 23.8 Å². The van der Waals surface area contributed by atoms with Crippen LogP contribution in [0.25, 0.3) is 0 Å². The van der Waals surface area contributed by atoms with Gasteiger partial charge in [0.2, 0.25) is 0 Å². The topological polar surface area (TPSA) is 86.5 Å². The fourth-order valence-corrected chi connectivity index (χ4v) is 4.98. The molecule has 0 aliphatic heterocycles. The molecule has 0 amide bonds. The van der Waals surface area contributed by atoms with Crippen molar-refractivity contribution >= 4 is 23.3 Å². The third-order valence-electron chi connectivity index (χ3n) is 7.81. The Labute approximate surface area is 275 Å². The van der Waals surface area contributed by atoms with Crippen LogP contribution < -0.4 is 9.47 Å².